The van der Waals surface area contributed by atoms with E-state index in [4.69, 9.17) is 5.73 Å². The number of nitrogens with one attached hydrogen (secondary N) is 1. The van der Waals surface area contributed by atoms with Crippen LogP contribution in [0.3, 0.4) is 0 Å². The van der Waals surface area contributed by atoms with Crippen molar-refractivity contribution < 1.29 is 4.79 Å². The second-order valence-corrected chi connectivity index (χ2v) is 5.53. The first-order chi connectivity index (χ1) is 8.19. The summed E-state index contributed by atoms with van der Waals surface area (Å²) in [5.74, 6) is 1.06. The first kappa shape index (κ1) is 12.6. The minimum absolute atomic E-state index is 0.00824. The molecule has 0 spiro atoms. The van der Waals surface area contributed by atoms with Crippen molar-refractivity contribution >= 4 is 5.91 Å². The first-order valence-electron chi connectivity index (χ1n) is 6.93. The van der Waals surface area contributed by atoms with Crippen molar-refractivity contribution in [2.75, 3.05) is 0 Å². The van der Waals surface area contributed by atoms with Crippen molar-refractivity contribution in [3.05, 3.63) is 12.2 Å². The fraction of sp³-hybridized carbons (Fsp3) is 0.786. The number of amides is 1. The predicted molar refractivity (Wildman–Crippen MR) is 69.4 cm³/mol. The fourth-order valence-electron chi connectivity index (χ4n) is 2.94. The summed E-state index contributed by atoms with van der Waals surface area (Å²) in [5, 5.41) is 3.18. The Morgan fingerprint density at radius 1 is 1.29 bits per heavy atom. The molecule has 2 aliphatic carbocycles. The maximum absolute atomic E-state index is 12.0. The molecule has 3 heteroatoms. The van der Waals surface area contributed by atoms with E-state index < -0.39 is 0 Å². The lowest BCUT2D eigenvalue weighted by molar-refractivity contribution is -0.124. The van der Waals surface area contributed by atoms with Gasteiger partial charge in [0.1, 0.15) is 0 Å². The van der Waals surface area contributed by atoms with Crippen molar-refractivity contribution in [1.29, 1.82) is 0 Å². The highest BCUT2D eigenvalue weighted by Crippen LogP contribution is 2.27. The monoisotopic (exact) mass is 236 g/mol. The van der Waals surface area contributed by atoms with E-state index in [0.29, 0.717) is 6.04 Å². The Hall–Kier alpha value is -0.830. The number of carbonyl (C=O) groups is 1. The Morgan fingerprint density at radius 2 is 2.00 bits per heavy atom. The van der Waals surface area contributed by atoms with Crippen molar-refractivity contribution in [2.24, 2.45) is 17.6 Å². The Balaban J connectivity index is 1.74. The third-order valence-corrected chi connectivity index (χ3v) is 4.22. The van der Waals surface area contributed by atoms with Crippen molar-refractivity contribution in [3.63, 3.8) is 0 Å². The summed E-state index contributed by atoms with van der Waals surface area (Å²) in [6.07, 6.45) is 10.8. The van der Waals surface area contributed by atoms with Crippen LogP contribution in [-0.2, 0) is 4.79 Å². The minimum atomic E-state index is 0.00824. The summed E-state index contributed by atoms with van der Waals surface area (Å²) in [6, 6.07) is 0.470. The zero-order valence-electron chi connectivity index (χ0n) is 10.7. The van der Waals surface area contributed by atoms with Crippen LogP contribution in [0, 0.1) is 11.8 Å². The van der Waals surface area contributed by atoms with Crippen molar-refractivity contribution in [3.8, 4) is 0 Å². The molecule has 2 atom stereocenters. The third-order valence-electron chi connectivity index (χ3n) is 4.22. The smallest absolute Gasteiger partial charge is 0.227 e. The number of hydrogen-bond donors (Lipinski definition) is 2. The molecular formula is C14H24N2O. The van der Waals surface area contributed by atoms with Crippen molar-refractivity contribution in [2.45, 2.75) is 57.5 Å². The Kier molecular flexibility index (Phi) is 4.21. The molecule has 2 rings (SSSR count). The van der Waals surface area contributed by atoms with E-state index in [1.54, 1.807) is 0 Å². The molecule has 2 unspecified atom stereocenters. The van der Waals surface area contributed by atoms with E-state index in [0.717, 1.165) is 25.2 Å². The molecule has 0 heterocycles. The molecule has 1 amide bonds. The number of nitrogens with two attached hydrogens (primary N) is 1. The van der Waals surface area contributed by atoms with Crippen LogP contribution >= 0.6 is 0 Å². The van der Waals surface area contributed by atoms with Gasteiger partial charge in [-0.05, 0) is 38.0 Å². The lowest BCUT2D eigenvalue weighted by atomic mass is 9.84. The van der Waals surface area contributed by atoms with E-state index in [1.165, 1.54) is 19.3 Å². The van der Waals surface area contributed by atoms with E-state index in [2.05, 4.69) is 12.2 Å². The van der Waals surface area contributed by atoms with Crippen LogP contribution in [0.4, 0.5) is 0 Å². The summed E-state index contributed by atoms with van der Waals surface area (Å²) in [4.78, 5) is 12.0. The van der Waals surface area contributed by atoms with Crippen LogP contribution < -0.4 is 11.1 Å². The van der Waals surface area contributed by atoms with Gasteiger partial charge in [-0.25, -0.2) is 0 Å². The third kappa shape index (κ3) is 3.32. The highest BCUT2D eigenvalue weighted by Gasteiger charge is 2.26. The fourth-order valence-corrected chi connectivity index (χ4v) is 2.94. The zero-order valence-corrected chi connectivity index (χ0v) is 10.7. The van der Waals surface area contributed by atoms with E-state index >= 15 is 0 Å². The normalized spacial score (nSPS) is 37.1. The first-order valence-corrected chi connectivity index (χ1v) is 6.93. The molecule has 2 aliphatic rings. The van der Waals surface area contributed by atoms with Gasteiger partial charge in [-0.1, -0.05) is 25.5 Å². The molecule has 96 valence electrons. The van der Waals surface area contributed by atoms with Crippen LogP contribution in [0.2, 0.25) is 0 Å². The van der Waals surface area contributed by atoms with Crippen LogP contribution in [0.25, 0.3) is 0 Å². The molecule has 1 saturated carbocycles. The highest BCUT2D eigenvalue weighted by molar-refractivity contribution is 5.81. The van der Waals surface area contributed by atoms with E-state index in [1.807, 2.05) is 12.2 Å². The topological polar surface area (TPSA) is 55.1 Å². The van der Waals surface area contributed by atoms with Crippen molar-refractivity contribution in [1.82, 2.24) is 5.32 Å². The minimum Gasteiger partial charge on any atom is -0.353 e. The Bertz CT molecular complexity index is 293. The van der Waals surface area contributed by atoms with Crippen LogP contribution in [0.1, 0.15) is 45.4 Å². The maximum atomic E-state index is 12.0. The Morgan fingerprint density at radius 3 is 2.53 bits per heavy atom. The summed E-state index contributed by atoms with van der Waals surface area (Å²) >= 11 is 0. The summed E-state index contributed by atoms with van der Waals surface area (Å²) in [5.41, 5.74) is 5.77. The molecule has 0 aliphatic heterocycles. The molecule has 0 aromatic carbocycles. The Labute approximate surface area is 104 Å². The standard InChI is InChI=1S/C14H24N2O/c1-2-10-3-7-13(8-4-10)16-14(17)11-5-6-12(15)9-11/h5-6,10-13H,2-4,7-9,15H2,1H3,(H,16,17). The van der Waals surface area contributed by atoms with Gasteiger partial charge in [0, 0.05) is 12.1 Å². The maximum Gasteiger partial charge on any atom is 0.227 e. The summed E-state index contributed by atoms with van der Waals surface area (Å²) in [6.45, 7) is 2.26. The SMILES string of the molecule is CCC1CCC(NC(=O)C2C=CC(N)C2)CC1. The second kappa shape index (κ2) is 5.67. The van der Waals surface area contributed by atoms with Gasteiger partial charge in [-0.15, -0.1) is 0 Å². The lowest BCUT2D eigenvalue weighted by Gasteiger charge is -2.29. The second-order valence-electron chi connectivity index (χ2n) is 5.53. The summed E-state index contributed by atoms with van der Waals surface area (Å²) < 4.78 is 0. The van der Waals surface area contributed by atoms with Gasteiger partial charge in [0.15, 0.2) is 0 Å². The number of rotatable bonds is 3. The number of carbonyl (C=O) groups excluding carboxylic acids is 1. The quantitative estimate of drug-likeness (QED) is 0.736. The van der Waals surface area contributed by atoms with E-state index in [-0.39, 0.29) is 17.9 Å². The zero-order chi connectivity index (χ0) is 12.3. The summed E-state index contributed by atoms with van der Waals surface area (Å²) in [7, 11) is 0. The van der Waals surface area contributed by atoms with Crippen LogP contribution in [-0.4, -0.2) is 18.0 Å². The average molecular weight is 236 g/mol. The molecule has 3 N–H and O–H groups in total. The van der Waals surface area contributed by atoms with Gasteiger partial charge in [0.2, 0.25) is 5.91 Å². The molecular weight excluding hydrogens is 212 g/mol. The largest absolute Gasteiger partial charge is 0.353 e. The molecule has 0 radical (unpaired) electrons. The predicted octanol–water partition coefficient (Wildman–Crippen LogP) is 1.97. The van der Waals surface area contributed by atoms with Gasteiger partial charge in [0.05, 0.1) is 5.92 Å². The van der Waals surface area contributed by atoms with Crippen LogP contribution in [0.15, 0.2) is 12.2 Å². The molecule has 1 fully saturated rings. The van der Waals surface area contributed by atoms with Crippen LogP contribution in [0.5, 0.6) is 0 Å². The van der Waals surface area contributed by atoms with Gasteiger partial charge < -0.3 is 11.1 Å². The highest BCUT2D eigenvalue weighted by atomic mass is 16.1. The van der Waals surface area contributed by atoms with Gasteiger partial charge >= 0.3 is 0 Å². The molecule has 0 aromatic heterocycles. The molecule has 0 bridgehead atoms. The molecule has 3 nitrogen and oxygen atoms in total. The molecule has 0 aromatic rings. The van der Waals surface area contributed by atoms with Gasteiger partial charge in [-0.3, -0.25) is 4.79 Å². The van der Waals surface area contributed by atoms with E-state index in [9.17, 15) is 4.79 Å². The number of hydrogen-bond acceptors (Lipinski definition) is 2. The molecule has 0 saturated heterocycles. The molecule has 17 heavy (non-hydrogen) atoms. The van der Waals surface area contributed by atoms with Gasteiger partial charge in [0.25, 0.3) is 0 Å². The average Bonchev–Trinajstić information content (AvgIpc) is 2.77. The lowest BCUT2D eigenvalue weighted by Crippen LogP contribution is -2.40. The van der Waals surface area contributed by atoms with Gasteiger partial charge in [-0.2, -0.15) is 0 Å².